The van der Waals surface area contributed by atoms with Gasteiger partial charge in [0.05, 0.1) is 18.4 Å². The van der Waals surface area contributed by atoms with E-state index in [4.69, 9.17) is 16.0 Å². The maximum atomic E-state index is 14.1. The Morgan fingerprint density at radius 1 is 1.12 bits per heavy atom. The second-order valence-electron chi connectivity index (χ2n) is 7.56. The molecule has 0 aliphatic heterocycles. The lowest BCUT2D eigenvalue weighted by molar-refractivity contribution is 0.0947. The van der Waals surface area contributed by atoms with Crippen LogP contribution in [0.15, 0.2) is 77.4 Å². The molecular weight excluding hydrogens is 459 g/mol. The van der Waals surface area contributed by atoms with E-state index < -0.39 is 0 Å². The molecule has 33 heavy (non-hydrogen) atoms. The van der Waals surface area contributed by atoms with Gasteiger partial charge in [-0.05, 0) is 42.8 Å². The molecule has 0 bridgehead atoms. The quantitative estimate of drug-likeness (QED) is 0.269. The van der Waals surface area contributed by atoms with Gasteiger partial charge in [0.2, 0.25) is 0 Å². The number of hydrogen-bond donors (Lipinski definition) is 1. The van der Waals surface area contributed by atoms with E-state index in [0.29, 0.717) is 40.8 Å². The first-order valence-electron chi connectivity index (χ1n) is 10.6. The van der Waals surface area contributed by atoms with Crippen molar-refractivity contribution in [3.63, 3.8) is 0 Å². The third-order valence-corrected chi connectivity index (χ3v) is 6.77. The highest BCUT2D eigenvalue weighted by molar-refractivity contribution is 7.98. The van der Waals surface area contributed by atoms with E-state index in [2.05, 4.69) is 9.88 Å². The standard InChI is InChI=1S/C26H24ClFN2O2S/c1-18-21(26(31)29-16-20-9-6-13-32-20)15-25(19-7-3-2-4-8-19)30(18)12-14-33-17-22-23(27)10-5-11-24(22)28/h2-11,13,15H,12,14,16-17H2,1H3,(H,29,31). The number of halogens is 2. The van der Waals surface area contributed by atoms with E-state index in [1.54, 1.807) is 36.2 Å². The monoisotopic (exact) mass is 482 g/mol. The summed E-state index contributed by atoms with van der Waals surface area (Å²) in [5.41, 5.74) is 4.04. The smallest absolute Gasteiger partial charge is 0.253 e. The van der Waals surface area contributed by atoms with Gasteiger partial charge in [-0.1, -0.05) is 48.0 Å². The fourth-order valence-corrected chi connectivity index (χ4v) is 4.95. The van der Waals surface area contributed by atoms with Crippen LogP contribution in [0.5, 0.6) is 0 Å². The molecule has 1 amide bonds. The summed E-state index contributed by atoms with van der Waals surface area (Å²) in [5.74, 6) is 1.50. The first-order valence-corrected chi connectivity index (χ1v) is 12.1. The third-order valence-electron chi connectivity index (χ3n) is 5.45. The van der Waals surface area contributed by atoms with Crippen molar-refractivity contribution >= 4 is 29.3 Å². The van der Waals surface area contributed by atoms with Crippen molar-refractivity contribution in [2.45, 2.75) is 25.8 Å². The van der Waals surface area contributed by atoms with Crippen LogP contribution >= 0.6 is 23.4 Å². The van der Waals surface area contributed by atoms with Gasteiger partial charge in [-0.15, -0.1) is 0 Å². The zero-order chi connectivity index (χ0) is 23.2. The molecule has 0 fully saturated rings. The molecule has 0 aliphatic rings. The summed E-state index contributed by atoms with van der Waals surface area (Å²) in [6, 6.07) is 20.3. The maximum Gasteiger partial charge on any atom is 0.253 e. The van der Waals surface area contributed by atoms with Crippen molar-refractivity contribution in [1.29, 1.82) is 0 Å². The summed E-state index contributed by atoms with van der Waals surface area (Å²) < 4.78 is 21.5. The van der Waals surface area contributed by atoms with E-state index in [1.165, 1.54) is 6.07 Å². The Balaban J connectivity index is 1.51. The molecule has 0 unspecified atom stereocenters. The lowest BCUT2D eigenvalue weighted by Crippen LogP contribution is -2.23. The molecule has 0 aliphatic carbocycles. The van der Waals surface area contributed by atoms with Crippen molar-refractivity contribution in [2.75, 3.05) is 5.75 Å². The van der Waals surface area contributed by atoms with Crippen LogP contribution in [0.1, 0.15) is 27.4 Å². The molecule has 0 radical (unpaired) electrons. The molecule has 0 atom stereocenters. The minimum absolute atomic E-state index is 0.148. The first-order chi connectivity index (χ1) is 16.0. The maximum absolute atomic E-state index is 14.1. The van der Waals surface area contributed by atoms with Crippen LogP contribution in [0, 0.1) is 12.7 Å². The van der Waals surface area contributed by atoms with Gasteiger partial charge in [-0.2, -0.15) is 11.8 Å². The number of hydrogen-bond acceptors (Lipinski definition) is 3. The summed E-state index contributed by atoms with van der Waals surface area (Å²) in [4.78, 5) is 12.9. The molecule has 0 saturated heterocycles. The average molecular weight is 483 g/mol. The highest BCUT2D eigenvalue weighted by Gasteiger charge is 2.19. The summed E-state index contributed by atoms with van der Waals surface area (Å²) in [6.07, 6.45) is 1.59. The number of rotatable bonds is 9. The van der Waals surface area contributed by atoms with Crippen molar-refractivity contribution in [3.8, 4) is 11.3 Å². The lowest BCUT2D eigenvalue weighted by Gasteiger charge is -2.13. The van der Waals surface area contributed by atoms with Gasteiger partial charge in [0.1, 0.15) is 11.6 Å². The SMILES string of the molecule is Cc1c(C(=O)NCc2ccco2)cc(-c2ccccc2)n1CCSCc1c(F)cccc1Cl. The fourth-order valence-electron chi connectivity index (χ4n) is 3.69. The summed E-state index contributed by atoms with van der Waals surface area (Å²) >= 11 is 7.76. The third kappa shape index (κ3) is 5.52. The highest BCUT2D eigenvalue weighted by atomic mass is 35.5. The average Bonchev–Trinajstić information content (AvgIpc) is 3.45. The molecule has 0 saturated carbocycles. The topological polar surface area (TPSA) is 47.2 Å². The van der Waals surface area contributed by atoms with Gasteiger partial charge in [-0.25, -0.2) is 4.39 Å². The van der Waals surface area contributed by atoms with Crippen LogP contribution in [-0.4, -0.2) is 16.2 Å². The number of nitrogens with zero attached hydrogens (tertiary/aromatic N) is 1. The van der Waals surface area contributed by atoms with E-state index in [9.17, 15) is 9.18 Å². The minimum Gasteiger partial charge on any atom is -0.467 e. The number of carbonyl (C=O) groups excluding carboxylic acids is 1. The number of carbonyl (C=O) groups is 1. The van der Waals surface area contributed by atoms with Crippen molar-refractivity contribution in [2.24, 2.45) is 0 Å². The van der Waals surface area contributed by atoms with Gasteiger partial charge in [0.15, 0.2) is 0 Å². The number of nitrogens with one attached hydrogen (secondary N) is 1. The first kappa shape index (κ1) is 23.2. The van der Waals surface area contributed by atoms with Gasteiger partial charge in [-0.3, -0.25) is 4.79 Å². The molecular formula is C26H24ClFN2O2S. The molecule has 2 heterocycles. The van der Waals surface area contributed by atoms with E-state index in [0.717, 1.165) is 22.7 Å². The van der Waals surface area contributed by atoms with Crippen molar-refractivity contribution in [3.05, 3.63) is 106 Å². The summed E-state index contributed by atoms with van der Waals surface area (Å²) in [6.45, 7) is 2.96. The number of aromatic nitrogens is 1. The summed E-state index contributed by atoms with van der Waals surface area (Å²) in [7, 11) is 0. The zero-order valence-corrected chi connectivity index (χ0v) is 19.8. The molecule has 4 rings (SSSR count). The number of benzene rings is 2. The number of thioether (sulfide) groups is 1. The normalized spacial score (nSPS) is 11.0. The molecule has 4 aromatic rings. The molecule has 7 heteroatoms. The minimum atomic E-state index is -0.285. The van der Waals surface area contributed by atoms with Crippen LogP contribution in [-0.2, 0) is 18.8 Å². The Morgan fingerprint density at radius 3 is 2.67 bits per heavy atom. The largest absolute Gasteiger partial charge is 0.467 e. The van der Waals surface area contributed by atoms with Crippen LogP contribution in [0.25, 0.3) is 11.3 Å². The molecule has 4 nitrogen and oxygen atoms in total. The molecule has 2 aromatic heterocycles. The van der Waals surface area contributed by atoms with Crippen molar-refractivity contribution < 1.29 is 13.6 Å². The predicted octanol–water partition coefficient (Wildman–Crippen LogP) is 6.71. The Labute approximate surface area is 201 Å². The Hall–Kier alpha value is -2.96. The Kier molecular flexibility index (Phi) is 7.57. The molecule has 2 aromatic carbocycles. The molecule has 0 spiro atoms. The van der Waals surface area contributed by atoms with E-state index in [1.807, 2.05) is 49.4 Å². The predicted molar refractivity (Wildman–Crippen MR) is 132 cm³/mol. The second kappa shape index (κ2) is 10.8. The van der Waals surface area contributed by atoms with Gasteiger partial charge in [0.25, 0.3) is 5.91 Å². The number of furan rings is 1. The van der Waals surface area contributed by atoms with Gasteiger partial charge >= 0.3 is 0 Å². The lowest BCUT2D eigenvalue weighted by atomic mass is 10.1. The number of amides is 1. The van der Waals surface area contributed by atoms with E-state index in [-0.39, 0.29) is 11.7 Å². The van der Waals surface area contributed by atoms with Crippen molar-refractivity contribution in [1.82, 2.24) is 9.88 Å². The van der Waals surface area contributed by atoms with Gasteiger partial charge in [0, 0.05) is 40.0 Å². The second-order valence-corrected chi connectivity index (χ2v) is 9.07. The zero-order valence-electron chi connectivity index (χ0n) is 18.2. The van der Waals surface area contributed by atoms with Crippen LogP contribution in [0.4, 0.5) is 4.39 Å². The van der Waals surface area contributed by atoms with Crippen LogP contribution < -0.4 is 5.32 Å². The summed E-state index contributed by atoms with van der Waals surface area (Å²) in [5, 5.41) is 3.37. The Bertz CT molecular complexity index is 1200. The molecule has 170 valence electrons. The van der Waals surface area contributed by atoms with E-state index >= 15 is 0 Å². The van der Waals surface area contributed by atoms with Gasteiger partial charge < -0.3 is 14.3 Å². The molecule has 1 N–H and O–H groups in total. The highest BCUT2D eigenvalue weighted by Crippen LogP contribution is 2.28. The Morgan fingerprint density at radius 2 is 1.94 bits per heavy atom. The van der Waals surface area contributed by atoms with Crippen LogP contribution in [0.2, 0.25) is 5.02 Å². The fraction of sp³-hybridized carbons (Fsp3) is 0.192. The van der Waals surface area contributed by atoms with Crippen LogP contribution in [0.3, 0.4) is 0 Å².